The maximum Gasteiger partial charge on any atom is 0.166 e. The third kappa shape index (κ3) is 5.11. The van der Waals surface area contributed by atoms with Crippen LogP contribution in [-0.2, 0) is 6.54 Å². The Bertz CT molecular complexity index is 297. The van der Waals surface area contributed by atoms with Crippen LogP contribution in [0.15, 0.2) is 18.5 Å². The number of nitrogens with one attached hydrogen (secondary N) is 2. The number of rotatable bonds is 6. The van der Waals surface area contributed by atoms with Crippen LogP contribution in [-0.4, -0.2) is 27.5 Å². The Balaban J connectivity index is 2.04. The van der Waals surface area contributed by atoms with Crippen LogP contribution in [0.5, 0.6) is 0 Å². The maximum atomic E-state index is 5.17. The molecule has 0 aliphatic carbocycles. The van der Waals surface area contributed by atoms with Crippen LogP contribution in [0.1, 0.15) is 26.7 Å². The van der Waals surface area contributed by atoms with E-state index < -0.39 is 0 Å². The molecule has 5 heteroatoms. The van der Waals surface area contributed by atoms with Crippen molar-refractivity contribution in [1.82, 2.24) is 20.4 Å². The highest BCUT2D eigenvalue weighted by atomic mass is 32.1. The molecule has 0 aliphatic heterocycles. The Morgan fingerprint density at radius 1 is 1.56 bits per heavy atom. The monoisotopic (exact) mass is 240 g/mol. The minimum atomic E-state index is 0.436. The molecule has 1 unspecified atom stereocenters. The molecule has 1 rings (SSSR count). The molecule has 0 spiro atoms. The quantitative estimate of drug-likeness (QED) is 0.584. The molecular formula is C11H20N4S. The summed E-state index contributed by atoms with van der Waals surface area (Å²) in [6.07, 6.45) is 5.86. The number of nitrogens with zero attached hydrogens (tertiary/aromatic N) is 2. The third-order valence-corrected chi connectivity index (χ3v) is 2.66. The first-order valence-corrected chi connectivity index (χ1v) is 6.15. The SMILES string of the molecule is CCC(C)NC(=S)NCCCn1cccn1. The van der Waals surface area contributed by atoms with Crippen LogP contribution in [0.2, 0.25) is 0 Å². The van der Waals surface area contributed by atoms with Gasteiger partial charge in [0.1, 0.15) is 0 Å². The predicted octanol–water partition coefficient (Wildman–Crippen LogP) is 1.54. The maximum absolute atomic E-state index is 5.17. The molecule has 4 nitrogen and oxygen atoms in total. The van der Waals surface area contributed by atoms with Gasteiger partial charge in [-0.1, -0.05) is 6.92 Å². The lowest BCUT2D eigenvalue weighted by Gasteiger charge is -2.15. The van der Waals surface area contributed by atoms with Crippen molar-refractivity contribution in [3.63, 3.8) is 0 Å². The van der Waals surface area contributed by atoms with Gasteiger partial charge in [-0.15, -0.1) is 0 Å². The van der Waals surface area contributed by atoms with E-state index in [1.54, 1.807) is 6.20 Å². The summed E-state index contributed by atoms with van der Waals surface area (Å²) in [6, 6.07) is 2.37. The molecule has 1 aromatic heterocycles. The second-order valence-corrected chi connectivity index (χ2v) is 4.24. The second-order valence-electron chi connectivity index (χ2n) is 3.83. The van der Waals surface area contributed by atoms with Crippen molar-refractivity contribution in [2.75, 3.05) is 6.54 Å². The normalized spacial score (nSPS) is 12.1. The summed E-state index contributed by atoms with van der Waals surface area (Å²) in [5, 5.41) is 11.3. The largest absolute Gasteiger partial charge is 0.363 e. The van der Waals surface area contributed by atoms with Crippen molar-refractivity contribution in [1.29, 1.82) is 0 Å². The molecule has 16 heavy (non-hydrogen) atoms. The van der Waals surface area contributed by atoms with E-state index >= 15 is 0 Å². The summed E-state index contributed by atoms with van der Waals surface area (Å²) < 4.78 is 1.92. The van der Waals surface area contributed by atoms with Crippen LogP contribution < -0.4 is 10.6 Å². The van der Waals surface area contributed by atoms with Gasteiger partial charge < -0.3 is 10.6 Å². The molecule has 1 atom stereocenters. The first-order valence-electron chi connectivity index (χ1n) is 5.74. The molecule has 1 aromatic rings. The molecule has 1 heterocycles. The minimum absolute atomic E-state index is 0.436. The fourth-order valence-electron chi connectivity index (χ4n) is 1.25. The van der Waals surface area contributed by atoms with Crippen LogP contribution in [0.4, 0.5) is 0 Å². The van der Waals surface area contributed by atoms with Crippen LogP contribution in [0, 0.1) is 0 Å². The first-order chi connectivity index (χ1) is 7.72. The lowest BCUT2D eigenvalue weighted by Crippen LogP contribution is -2.40. The van der Waals surface area contributed by atoms with Gasteiger partial charge in [0.15, 0.2) is 5.11 Å². The number of aromatic nitrogens is 2. The topological polar surface area (TPSA) is 41.9 Å². The molecule has 0 saturated carbocycles. The van der Waals surface area contributed by atoms with E-state index in [4.69, 9.17) is 12.2 Å². The van der Waals surface area contributed by atoms with Crippen molar-refractivity contribution in [2.24, 2.45) is 0 Å². The lowest BCUT2D eigenvalue weighted by atomic mass is 10.3. The Labute approximate surface area is 102 Å². The van der Waals surface area contributed by atoms with Gasteiger partial charge in [-0.25, -0.2) is 0 Å². The van der Waals surface area contributed by atoms with Gasteiger partial charge in [0.2, 0.25) is 0 Å². The predicted molar refractivity (Wildman–Crippen MR) is 70.3 cm³/mol. The summed E-state index contributed by atoms with van der Waals surface area (Å²) in [5.41, 5.74) is 0. The lowest BCUT2D eigenvalue weighted by molar-refractivity contribution is 0.567. The van der Waals surface area contributed by atoms with Gasteiger partial charge in [0.25, 0.3) is 0 Å². The Morgan fingerprint density at radius 2 is 2.38 bits per heavy atom. The first kappa shape index (κ1) is 13.0. The zero-order valence-electron chi connectivity index (χ0n) is 9.94. The van der Waals surface area contributed by atoms with Gasteiger partial charge in [0.05, 0.1) is 0 Å². The van der Waals surface area contributed by atoms with E-state index in [-0.39, 0.29) is 0 Å². The number of thiocarbonyl (C=S) groups is 1. The minimum Gasteiger partial charge on any atom is -0.363 e. The summed E-state index contributed by atoms with van der Waals surface area (Å²) in [4.78, 5) is 0. The van der Waals surface area contributed by atoms with Gasteiger partial charge in [-0.3, -0.25) is 4.68 Å². The van der Waals surface area contributed by atoms with Gasteiger partial charge in [-0.05, 0) is 38.0 Å². The number of aryl methyl sites for hydroxylation is 1. The van der Waals surface area contributed by atoms with Gasteiger partial charge in [0, 0.05) is 31.5 Å². The third-order valence-electron chi connectivity index (χ3n) is 2.40. The summed E-state index contributed by atoms with van der Waals surface area (Å²) in [5.74, 6) is 0. The molecule has 0 aromatic carbocycles. The molecule has 2 N–H and O–H groups in total. The van der Waals surface area contributed by atoms with Crippen molar-refractivity contribution < 1.29 is 0 Å². The smallest absolute Gasteiger partial charge is 0.166 e. The van der Waals surface area contributed by atoms with Crippen LogP contribution in [0.3, 0.4) is 0 Å². The van der Waals surface area contributed by atoms with E-state index in [9.17, 15) is 0 Å². The highest BCUT2D eigenvalue weighted by molar-refractivity contribution is 7.80. The Hall–Kier alpha value is -1.10. The molecule has 0 fully saturated rings. The molecule has 0 bridgehead atoms. The van der Waals surface area contributed by atoms with Crippen LogP contribution >= 0.6 is 12.2 Å². The van der Waals surface area contributed by atoms with Crippen molar-refractivity contribution in [3.8, 4) is 0 Å². The molecular weight excluding hydrogens is 220 g/mol. The van der Waals surface area contributed by atoms with Crippen molar-refractivity contribution in [2.45, 2.75) is 39.3 Å². The van der Waals surface area contributed by atoms with E-state index in [1.165, 1.54) is 0 Å². The van der Waals surface area contributed by atoms with Crippen LogP contribution in [0.25, 0.3) is 0 Å². The molecule has 0 aliphatic rings. The van der Waals surface area contributed by atoms with E-state index in [0.29, 0.717) is 6.04 Å². The zero-order valence-corrected chi connectivity index (χ0v) is 10.8. The molecule has 0 radical (unpaired) electrons. The average Bonchev–Trinajstić information content (AvgIpc) is 2.77. The van der Waals surface area contributed by atoms with Crippen molar-refractivity contribution in [3.05, 3.63) is 18.5 Å². The number of hydrogen-bond donors (Lipinski definition) is 2. The van der Waals surface area contributed by atoms with Gasteiger partial charge >= 0.3 is 0 Å². The second kappa shape index (κ2) is 7.22. The average molecular weight is 240 g/mol. The summed E-state index contributed by atoms with van der Waals surface area (Å²) in [6.45, 7) is 6.06. The summed E-state index contributed by atoms with van der Waals surface area (Å²) in [7, 11) is 0. The molecule has 90 valence electrons. The summed E-state index contributed by atoms with van der Waals surface area (Å²) >= 11 is 5.17. The fourth-order valence-corrected chi connectivity index (χ4v) is 1.56. The highest BCUT2D eigenvalue weighted by Gasteiger charge is 2.00. The van der Waals surface area contributed by atoms with E-state index in [0.717, 1.165) is 31.0 Å². The molecule has 0 amide bonds. The van der Waals surface area contributed by atoms with Gasteiger partial charge in [-0.2, -0.15) is 5.10 Å². The van der Waals surface area contributed by atoms with E-state index in [1.807, 2.05) is 16.9 Å². The van der Waals surface area contributed by atoms with Crippen molar-refractivity contribution >= 4 is 17.3 Å². The Morgan fingerprint density at radius 3 is 3.00 bits per heavy atom. The molecule has 0 saturated heterocycles. The fraction of sp³-hybridized carbons (Fsp3) is 0.636. The standard InChI is InChI=1S/C11H20N4S/c1-3-10(2)14-11(16)12-6-4-8-15-9-5-7-13-15/h5,7,9-10H,3-4,6,8H2,1-2H3,(H2,12,14,16). The Kier molecular flexibility index (Phi) is 5.85. The number of hydrogen-bond acceptors (Lipinski definition) is 2. The van der Waals surface area contributed by atoms with E-state index in [2.05, 4.69) is 29.6 Å². The highest BCUT2D eigenvalue weighted by Crippen LogP contribution is 1.89. The zero-order chi connectivity index (χ0) is 11.8.